The smallest absolute Gasteiger partial charge is 0.119 e. The summed E-state index contributed by atoms with van der Waals surface area (Å²) in [7, 11) is 0. The molecule has 3 nitrogen and oxygen atoms in total. The van der Waals surface area contributed by atoms with Crippen molar-refractivity contribution in [2.24, 2.45) is 5.92 Å². The zero-order valence-electron chi connectivity index (χ0n) is 13.8. The molecule has 1 aromatic rings. The monoisotopic (exact) mass is 290 g/mol. The molecule has 2 rings (SSSR count). The first kappa shape index (κ1) is 16.3. The van der Waals surface area contributed by atoms with Crippen LogP contribution in [0.15, 0.2) is 18.2 Å². The molecule has 21 heavy (non-hydrogen) atoms. The van der Waals surface area contributed by atoms with Crippen molar-refractivity contribution in [2.45, 2.75) is 33.6 Å². The number of nitrogens with one attached hydrogen (secondary N) is 1. The standard InChI is InChI=1S/C18H30N2O/c1-15(2)14-21-18-7-6-17(16(3)13-18)5-4-10-20-11-8-19-9-12-20/h6-7,13,15,19H,4-5,8-12,14H2,1-3H3. The molecule has 1 heterocycles. The van der Waals surface area contributed by atoms with Crippen LogP contribution >= 0.6 is 0 Å². The lowest BCUT2D eigenvalue weighted by Gasteiger charge is -2.27. The summed E-state index contributed by atoms with van der Waals surface area (Å²) in [5, 5.41) is 3.40. The van der Waals surface area contributed by atoms with Crippen LogP contribution in [-0.4, -0.2) is 44.2 Å². The first-order valence-corrected chi connectivity index (χ1v) is 8.30. The highest BCUT2D eigenvalue weighted by Crippen LogP contribution is 2.19. The van der Waals surface area contributed by atoms with E-state index in [-0.39, 0.29) is 0 Å². The molecular formula is C18H30N2O. The maximum absolute atomic E-state index is 5.79. The molecule has 0 radical (unpaired) electrons. The maximum Gasteiger partial charge on any atom is 0.119 e. The summed E-state index contributed by atoms with van der Waals surface area (Å²) in [5.41, 5.74) is 2.82. The minimum atomic E-state index is 0.573. The zero-order valence-corrected chi connectivity index (χ0v) is 13.8. The van der Waals surface area contributed by atoms with Gasteiger partial charge in [0, 0.05) is 26.2 Å². The second-order valence-electron chi connectivity index (χ2n) is 6.49. The van der Waals surface area contributed by atoms with Crippen molar-refractivity contribution in [1.29, 1.82) is 0 Å². The minimum absolute atomic E-state index is 0.573. The Labute approximate surface area is 129 Å². The Balaban J connectivity index is 1.77. The molecule has 0 atom stereocenters. The Hall–Kier alpha value is -1.06. The van der Waals surface area contributed by atoms with E-state index in [4.69, 9.17) is 4.74 Å². The molecule has 1 aliphatic rings. The Morgan fingerprint density at radius 2 is 2.00 bits per heavy atom. The van der Waals surface area contributed by atoms with E-state index in [0.29, 0.717) is 5.92 Å². The van der Waals surface area contributed by atoms with Crippen molar-refractivity contribution >= 4 is 0 Å². The average molecular weight is 290 g/mol. The Morgan fingerprint density at radius 3 is 2.67 bits per heavy atom. The molecule has 0 aliphatic carbocycles. The molecule has 0 aromatic heterocycles. The van der Waals surface area contributed by atoms with E-state index in [1.807, 2.05) is 0 Å². The third-order valence-electron chi connectivity index (χ3n) is 4.03. The number of hydrogen-bond donors (Lipinski definition) is 1. The van der Waals surface area contributed by atoms with Gasteiger partial charge in [-0.1, -0.05) is 19.9 Å². The van der Waals surface area contributed by atoms with Crippen LogP contribution in [0.2, 0.25) is 0 Å². The quantitative estimate of drug-likeness (QED) is 0.835. The number of rotatable bonds is 7. The Kier molecular flexibility index (Phi) is 6.52. The number of ether oxygens (including phenoxy) is 1. The molecule has 1 fully saturated rings. The van der Waals surface area contributed by atoms with E-state index >= 15 is 0 Å². The first-order chi connectivity index (χ1) is 10.1. The van der Waals surface area contributed by atoms with Crippen molar-refractivity contribution in [3.05, 3.63) is 29.3 Å². The highest BCUT2D eigenvalue weighted by molar-refractivity contribution is 5.34. The topological polar surface area (TPSA) is 24.5 Å². The van der Waals surface area contributed by atoms with Crippen LogP contribution in [0.5, 0.6) is 5.75 Å². The van der Waals surface area contributed by atoms with Gasteiger partial charge in [0.05, 0.1) is 6.61 Å². The van der Waals surface area contributed by atoms with Gasteiger partial charge in [-0.05, 0) is 55.5 Å². The molecule has 1 N–H and O–H groups in total. The normalized spacial score (nSPS) is 16.4. The summed E-state index contributed by atoms with van der Waals surface area (Å²) in [4.78, 5) is 2.56. The van der Waals surface area contributed by atoms with E-state index in [9.17, 15) is 0 Å². The fourth-order valence-corrected chi connectivity index (χ4v) is 2.73. The predicted molar refractivity (Wildman–Crippen MR) is 89.1 cm³/mol. The lowest BCUT2D eigenvalue weighted by atomic mass is 10.0. The maximum atomic E-state index is 5.79. The highest BCUT2D eigenvalue weighted by Gasteiger charge is 2.09. The lowest BCUT2D eigenvalue weighted by Crippen LogP contribution is -2.43. The molecule has 0 amide bonds. The van der Waals surface area contributed by atoms with Gasteiger partial charge in [-0.15, -0.1) is 0 Å². The Morgan fingerprint density at radius 1 is 1.24 bits per heavy atom. The number of piperazine rings is 1. The molecule has 1 saturated heterocycles. The summed E-state index contributed by atoms with van der Waals surface area (Å²) in [6.07, 6.45) is 2.41. The molecule has 0 spiro atoms. The van der Waals surface area contributed by atoms with Crippen LogP contribution in [0.25, 0.3) is 0 Å². The number of aryl methyl sites for hydroxylation is 2. The van der Waals surface area contributed by atoms with Crippen molar-refractivity contribution in [1.82, 2.24) is 10.2 Å². The van der Waals surface area contributed by atoms with Crippen LogP contribution in [0.4, 0.5) is 0 Å². The van der Waals surface area contributed by atoms with E-state index in [0.717, 1.165) is 25.4 Å². The van der Waals surface area contributed by atoms with Gasteiger partial charge in [0.15, 0.2) is 0 Å². The van der Waals surface area contributed by atoms with E-state index in [1.165, 1.54) is 43.6 Å². The van der Waals surface area contributed by atoms with Crippen molar-refractivity contribution in [3.63, 3.8) is 0 Å². The van der Waals surface area contributed by atoms with Gasteiger partial charge < -0.3 is 15.0 Å². The van der Waals surface area contributed by atoms with Gasteiger partial charge in [-0.2, -0.15) is 0 Å². The number of nitrogens with zero attached hydrogens (tertiary/aromatic N) is 1. The van der Waals surface area contributed by atoms with Gasteiger partial charge in [0.2, 0.25) is 0 Å². The molecular weight excluding hydrogens is 260 g/mol. The van der Waals surface area contributed by atoms with Crippen LogP contribution in [0.1, 0.15) is 31.4 Å². The third-order valence-corrected chi connectivity index (χ3v) is 4.03. The largest absolute Gasteiger partial charge is 0.493 e. The third kappa shape index (κ3) is 5.68. The SMILES string of the molecule is Cc1cc(OCC(C)C)ccc1CCCN1CCNCC1. The fraction of sp³-hybridized carbons (Fsp3) is 0.667. The van der Waals surface area contributed by atoms with E-state index in [1.54, 1.807) is 0 Å². The molecule has 3 heteroatoms. The van der Waals surface area contributed by atoms with Gasteiger partial charge in [0.25, 0.3) is 0 Å². The molecule has 0 bridgehead atoms. The van der Waals surface area contributed by atoms with Gasteiger partial charge in [-0.3, -0.25) is 0 Å². The molecule has 0 unspecified atom stereocenters. The van der Waals surface area contributed by atoms with Crippen molar-refractivity contribution in [3.8, 4) is 5.75 Å². The number of benzene rings is 1. The predicted octanol–water partition coefficient (Wildman–Crippen LogP) is 2.87. The second kappa shape index (κ2) is 8.40. The van der Waals surface area contributed by atoms with Crippen LogP contribution in [0, 0.1) is 12.8 Å². The van der Waals surface area contributed by atoms with E-state index in [2.05, 4.69) is 49.2 Å². The number of hydrogen-bond acceptors (Lipinski definition) is 3. The molecule has 1 aromatic carbocycles. The minimum Gasteiger partial charge on any atom is -0.493 e. The summed E-state index contributed by atoms with van der Waals surface area (Å²) in [5.74, 6) is 1.58. The lowest BCUT2D eigenvalue weighted by molar-refractivity contribution is 0.238. The highest BCUT2D eigenvalue weighted by atomic mass is 16.5. The van der Waals surface area contributed by atoms with Crippen molar-refractivity contribution < 1.29 is 4.74 Å². The first-order valence-electron chi connectivity index (χ1n) is 8.30. The summed E-state index contributed by atoms with van der Waals surface area (Å²) < 4.78 is 5.79. The average Bonchev–Trinajstić information content (AvgIpc) is 2.48. The second-order valence-corrected chi connectivity index (χ2v) is 6.49. The van der Waals surface area contributed by atoms with Crippen molar-refractivity contribution in [2.75, 3.05) is 39.3 Å². The fourth-order valence-electron chi connectivity index (χ4n) is 2.73. The van der Waals surface area contributed by atoms with Gasteiger partial charge >= 0.3 is 0 Å². The van der Waals surface area contributed by atoms with Gasteiger partial charge in [0.1, 0.15) is 5.75 Å². The summed E-state index contributed by atoms with van der Waals surface area (Å²) in [6.45, 7) is 13.2. The summed E-state index contributed by atoms with van der Waals surface area (Å²) in [6, 6.07) is 6.54. The van der Waals surface area contributed by atoms with Gasteiger partial charge in [-0.25, -0.2) is 0 Å². The van der Waals surface area contributed by atoms with Crippen LogP contribution < -0.4 is 10.1 Å². The van der Waals surface area contributed by atoms with Crippen LogP contribution in [0.3, 0.4) is 0 Å². The summed E-state index contributed by atoms with van der Waals surface area (Å²) >= 11 is 0. The molecule has 1 aliphatic heterocycles. The zero-order chi connectivity index (χ0) is 15.1. The van der Waals surface area contributed by atoms with E-state index < -0.39 is 0 Å². The van der Waals surface area contributed by atoms with Crippen LogP contribution in [-0.2, 0) is 6.42 Å². The molecule has 0 saturated carbocycles. The molecule has 118 valence electrons. The Bertz CT molecular complexity index is 425.